The van der Waals surface area contributed by atoms with Crippen LogP contribution in [0.2, 0.25) is 0 Å². The summed E-state index contributed by atoms with van der Waals surface area (Å²) in [5.74, 6) is 0.659. The quantitative estimate of drug-likeness (QED) is 0.328. The number of carbonyl (C=O) groups excluding carboxylic acids is 2. The predicted molar refractivity (Wildman–Crippen MR) is 122 cm³/mol. The van der Waals surface area contributed by atoms with Crippen LogP contribution in [0.25, 0.3) is 17.1 Å². The Hall–Kier alpha value is -4.46. The highest BCUT2D eigenvalue weighted by molar-refractivity contribution is 6.10. The van der Waals surface area contributed by atoms with Gasteiger partial charge in [0.05, 0.1) is 30.1 Å². The molecule has 3 heterocycles. The molecule has 0 saturated carbocycles. The summed E-state index contributed by atoms with van der Waals surface area (Å²) in [6.45, 7) is 1.84. The molecule has 0 radical (unpaired) electrons. The third-order valence-electron chi connectivity index (χ3n) is 4.60. The molecule has 0 aliphatic heterocycles. The second-order valence-corrected chi connectivity index (χ2v) is 6.89. The number of carbonyl (C=O) groups is 2. The van der Waals surface area contributed by atoms with E-state index in [9.17, 15) is 9.59 Å². The number of ether oxygens (including phenoxy) is 1. The molecule has 3 aromatic heterocycles. The summed E-state index contributed by atoms with van der Waals surface area (Å²) in [6, 6.07) is 13.2. The van der Waals surface area contributed by atoms with Gasteiger partial charge in [-0.15, -0.1) is 0 Å². The molecular formula is C24H20N4O4. The fourth-order valence-corrected chi connectivity index (χ4v) is 3.19. The van der Waals surface area contributed by atoms with Crippen LogP contribution >= 0.6 is 0 Å². The van der Waals surface area contributed by atoms with E-state index in [0.717, 1.165) is 5.69 Å². The van der Waals surface area contributed by atoms with E-state index >= 15 is 0 Å². The molecule has 1 aromatic carbocycles. The zero-order valence-corrected chi connectivity index (χ0v) is 17.5. The third-order valence-corrected chi connectivity index (χ3v) is 4.60. The topological polar surface area (TPSA) is 106 Å². The minimum absolute atomic E-state index is 0.290. The molecule has 0 fully saturated rings. The van der Waals surface area contributed by atoms with Gasteiger partial charge in [-0.2, -0.15) is 0 Å². The molecule has 0 aliphatic rings. The lowest BCUT2D eigenvalue weighted by atomic mass is 10.1. The number of aryl methyl sites for hydroxylation is 1. The Kier molecular flexibility index (Phi) is 5.94. The van der Waals surface area contributed by atoms with Crippen molar-refractivity contribution >= 4 is 40.3 Å². The van der Waals surface area contributed by atoms with Crippen molar-refractivity contribution in [2.75, 3.05) is 17.7 Å². The smallest absolute Gasteiger partial charge is 0.323 e. The number of benzene rings is 1. The monoisotopic (exact) mass is 428 g/mol. The van der Waals surface area contributed by atoms with E-state index < -0.39 is 6.03 Å². The van der Waals surface area contributed by atoms with Crippen molar-refractivity contribution < 1.29 is 18.7 Å². The van der Waals surface area contributed by atoms with Gasteiger partial charge in [0.25, 0.3) is 0 Å². The lowest BCUT2D eigenvalue weighted by molar-refractivity contribution is 0.104. The zero-order chi connectivity index (χ0) is 22.5. The fraction of sp³-hybridized carbons (Fsp3) is 0.0833. The molecule has 2 amide bonds. The maximum absolute atomic E-state index is 12.7. The summed E-state index contributed by atoms with van der Waals surface area (Å²) >= 11 is 0. The first-order chi connectivity index (χ1) is 15.5. The predicted octanol–water partition coefficient (Wildman–Crippen LogP) is 5.08. The van der Waals surface area contributed by atoms with E-state index in [-0.39, 0.29) is 5.78 Å². The Bertz CT molecular complexity index is 1310. The number of urea groups is 1. The largest absolute Gasteiger partial charge is 0.496 e. The summed E-state index contributed by atoms with van der Waals surface area (Å²) in [5.41, 5.74) is 3.30. The van der Waals surface area contributed by atoms with Crippen molar-refractivity contribution in [2.24, 2.45) is 0 Å². The molecule has 0 bridgehead atoms. The Morgan fingerprint density at radius 2 is 1.97 bits per heavy atom. The average molecular weight is 428 g/mol. The first-order valence-corrected chi connectivity index (χ1v) is 9.78. The normalized spacial score (nSPS) is 10.9. The number of allylic oxidation sites excluding steroid dienone is 1. The molecule has 4 rings (SSSR count). The molecule has 160 valence electrons. The maximum atomic E-state index is 12.7. The van der Waals surface area contributed by atoms with Gasteiger partial charge in [-0.3, -0.25) is 14.8 Å². The molecule has 8 heteroatoms. The number of rotatable bonds is 6. The number of furan rings is 1. The number of fused-ring (bicyclic) bond motifs is 1. The highest BCUT2D eigenvalue weighted by Crippen LogP contribution is 2.25. The maximum Gasteiger partial charge on any atom is 0.323 e. The number of hydrogen-bond donors (Lipinski definition) is 2. The van der Waals surface area contributed by atoms with E-state index in [0.29, 0.717) is 39.5 Å². The Balaban J connectivity index is 1.54. The Morgan fingerprint density at radius 1 is 1.09 bits per heavy atom. The van der Waals surface area contributed by atoms with Crippen molar-refractivity contribution in [3.8, 4) is 5.75 Å². The molecule has 32 heavy (non-hydrogen) atoms. The van der Waals surface area contributed by atoms with Crippen LogP contribution in [0.5, 0.6) is 5.75 Å². The SMILES string of the molecule is COc1ccc(NC(=O)Nc2cc(C)nc3cccnc23)cc1C(=O)C=Cc1ccco1. The van der Waals surface area contributed by atoms with Crippen LogP contribution < -0.4 is 15.4 Å². The zero-order valence-electron chi connectivity index (χ0n) is 17.5. The summed E-state index contributed by atoms with van der Waals surface area (Å²) < 4.78 is 10.5. The van der Waals surface area contributed by atoms with Crippen LogP contribution in [0.1, 0.15) is 21.8 Å². The number of nitrogens with one attached hydrogen (secondary N) is 2. The van der Waals surface area contributed by atoms with Gasteiger partial charge in [-0.05, 0) is 67.6 Å². The number of pyridine rings is 2. The summed E-state index contributed by atoms with van der Waals surface area (Å²) in [5, 5.41) is 5.54. The number of nitrogens with zero attached hydrogens (tertiary/aromatic N) is 2. The van der Waals surface area contributed by atoms with Gasteiger partial charge in [-0.1, -0.05) is 0 Å². The molecule has 0 unspecified atom stereocenters. The highest BCUT2D eigenvalue weighted by atomic mass is 16.5. The standard InChI is InChI=1S/C24H20N4O4/c1-15-13-20(23-19(26-15)6-3-11-25-23)28-24(30)27-16-7-10-22(31-2)18(14-16)21(29)9-8-17-5-4-12-32-17/h3-14H,1-2H3,(H2,26,27,28,30). The van der Waals surface area contributed by atoms with Gasteiger partial charge in [0.15, 0.2) is 5.78 Å². The minimum Gasteiger partial charge on any atom is -0.496 e. The third kappa shape index (κ3) is 4.65. The summed E-state index contributed by atoms with van der Waals surface area (Å²) in [7, 11) is 1.48. The molecule has 0 aliphatic carbocycles. The second-order valence-electron chi connectivity index (χ2n) is 6.89. The minimum atomic E-state index is -0.475. The van der Waals surface area contributed by atoms with Gasteiger partial charge >= 0.3 is 6.03 Å². The molecule has 0 atom stereocenters. The van der Waals surface area contributed by atoms with Crippen molar-refractivity contribution in [3.63, 3.8) is 0 Å². The second kappa shape index (κ2) is 9.13. The number of methoxy groups -OCH3 is 1. The van der Waals surface area contributed by atoms with Crippen molar-refractivity contribution in [2.45, 2.75) is 6.92 Å². The molecule has 2 N–H and O–H groups in total. The van der Waals surface area contributed by atoms with Gasteiger partial charge < -0.3 is 19.8 Å². The summed E-state index contributed by atoms with van der Waals surface area (Å²) in [6.07, 6.45) is 6.12. The van der Waals surface area contributed by atoms with E-state index in [1.807, 2.05) is 13.0 Å². The van der Waals surface area contributed by atoms with Crippen LogP contribution in [0.3, 0.4) is 0 Å². The first kappa shape index (κ1) is 20.8. The van der Waals surface area contributed by atoms with E-state index in [4.69, 9.17) is 9.15 Å². The molecule has 0 saturated heterocycles. The van der Waals surface area contributed by atoms with Crippen LogP contribution in [0.4, 0.5) is 16.2 Å². The number of anilines is 2. The molecule has 8 nitrogen and oxygen atoms in total. The van der Waals surface area contributed by atoms with E-state index in [1.165, 1.54) is 19.4 Å². The Morgan fingerprint density at radius 3 is 2.75 bits per heavy atom. The van der Waals surface area contributed by atoms with Crippen LogP contribution in [0.15, 0.2) is 71.5 Å². The lowest BCUT2D eigenvalue weighted by Gasteiger charge is -2.12. The van der Waals surface area contributed by atoms with Crippen LogP contribution in [-0.2, 0) is 0 Å². The fourth-order valence-electron chi connectivity index (χ4n) is 3.19. The number of hydrogen-bond acceptors (Lipinski definition) is 6. The van der Waals surface area contributed by atoms with Gasteiger partial charge in [0.1, 0.15) is 17.0 Å². The molecular weight excluding hydrogens is 408 g/mol. The summed E-state index contributed by atoms with van der Waals surface area (Å²) in [4.78, 5) is 34.0. The highest BCUT2D eigenvalue weighted by Gasteiger charge is 2.14. The molecule has 4 aromatic rings. The lowest BCUT2D eigenvalue weighted by Crippen LogP contribution is -2.20. The van der Waals surface area contributed by atoms with E-state index in [2.05, 4.69) is 20.6 Å². The van der Waals surface area contributed by atoms with Crippen LogP contribution in [0, 0.1) is 6.92 Å². The van der Waals surface area contributed by atoms with Crippen molar-refractivity contribution in [1.82, 2.24) is 9.97 Å². The first-order valence-electron chi connectivity index (χ1n) is 9.78. The van der Waals surface area contributed by atoms with Gasteiger partial charge in [0, 0.05) is 17.6 Å². The number of ketones is 1. The molecule has 0 spiro atoms. The van der Waals surface area contributed by atoms with E-state index in [1.54, 1.807) is 54.7 Å². The number of aromatic nitrogens is 2. The van der Waals surface area contributed by atoms with Crippen molar-refractivity contribution in [3.05, 3.63) is 84.1 Å². The van der Waals surface area contributed by atoms with Crippen molar-refractivity contribution in [1.29, 1.82) is 0 Å². The van der Waals surface area contributed by atoms with Gasteiger partial charge in [0.2, 0.25) is 0 Å². The number of amides is 2. The Labute approximate surface area is 183 Å². The van der Waals surface area contributed by atoms with Crippen LogP contribution in [-0.4, -0.2) is 28.9 Å². The average Bonchev–Trinajstić information content (AvgIpc) is 3.31. The van der Waals surface area contributed by atoms with Gasteiger partial charge in [-0.25, -0.2) is 4.79 Å².